The topological polar surface area (TPSA) is 68.2 Å². The van der Waals surface area contributed by atoms with Crippen molar-refractivity contribution in [2.24, 2.45) is 0 Å². The second-order valence-corrected chi connectivity index (χ2v) is 6.26. The second kappa shape index (κ2) is 10.9. The lowest BCUT2D eigenvalue weighted by Gasteiger charge is -2.26. The van der Waals surface area contributed by atoms with Crippen molar-refractivity contribution in [3.63, 3.8) is 0 Å². The van der Waals surface area contributed by atoms with Crippen molar-refractivity contribution in [1.82, 2.24) is 4.90 Å². The van der Waals surface area contributed by atoms with E-state index in [1.807, 2.05) is 0 Å². The molecule has 0 unspecified atom stereocenters. The molecule has 1 N–H and O–H groups in total. The molecule has 140 valence electrons. The van der Waals surface area contributed by atoms with Crippen LogP contribution in [0.5, 0.6) is 11.5 Å². The van der Waals surface area contributed by atoms with Gasteiger partial charge in [-0.2, -0.15) is 0 Å². The van der Waals surface area contributed by atoms with Gasteiger partial charge in [-0.05, 0) is 50.9 Å². The van der Waals surface area contributed by atoms with Gasteiger partial charge in [0.05, 0.1) is 6.61 Å². The Morgan fingerprint density at radius 2 is 1.84 bits per heavy atom. The predicted molar refractivity (Wildman–Crippen MR) is 95.8 cm³/mol. The summed E-state index contributed by atoms with van der Waals surface area (Å²) >= 11 is 0. The van der Waals surface area contributed by atoms with E-state index < -0.39 is 5.97 Å². The number of carboxylic acid groups (broad SMARTS) is 1. The minimum Gasteiger partial charge on any atom is -0.493 e. The van der Waals surface area contributed by atoms with Gasteiger partial charge < -0.3 is 19.3 Å². The van der Waals surface area contributed by atoms with E-state index in [-0.39, 0.29) is 5.56 Å². The third-order valence-electron chi connectivity index (χ3n) is 4.31. The summed E-state index contributed by atoms with van der Waals surface area (Å²) in [4.78, 5) is 13.7. The number of ether oxygens (including phenoxy) is 3. The first-order valence-corrected chi connectivity index (χ1v) is 9.05. The SMILES string of the molecule is COCCCCOc1cc(OCCN2CCCCC2)ccc1C(=O)O. The first-order valence-electron chi connectivity index (χ1n) is 9.05. The maximum atomic E-state index is 11.3. The number of methoxy groups -OCH3 is 1. The number of carboxylic acids is 1. The molecule has 1 aliphatic rings. The van der Waals surface area contributed by atoms with Crippen LogP contribution in [0.3, 0.4) is 0 Å². The molecule has 1 aliphatic heterocycles. The maximum absolute atomic E-state index is 11.3. The highest BCUT2D eigenvalue weighted by Gasteiger charge is 2.14. The summed E-state index contributed by atoms with van der Waals surface area (Å²) in [6.07, 6.45) is 5.53. The molecule has 0 aromatic heterocycles. The molecule has 1 aromatic carbocycles. The van der Waals surface area contributed by atoms with Crippen molar-refractivity contribution in [3.8, 4) is 11.5 Å². The maximum Gasteiger partial charge on any atom is 0.339 e. The summed E-state index contributed by atoms with van der Waals surface area (Å²) in [6, 6.07) is 4.91. The molecule has 0 amide bonds. The largest absolute Gasteiger partial charge is 0.493 e. The fraction of sp³-hybridized carbons (Fsp3) is 0.632. The van der Waals surface area contributed by atoms with Crippen LogP contribution in [-0.2, 0) is 4.74 Å². The van der Waals surface area contributed by atoms with Crippen molar-refractivity contribution in [2.45, 2.75) is 32.1 Å². The fourth-order valence-electron chi connectivity index (χ4n) is 2.89. The molecule has 1 aromatic rings. The number of piperidine rings is 1. The van der Waals surface area contributed by atoms with Crippen molar-refractivity contribution in [3.05, 3.63) is 23.8 Å². The molecule has 6 heteroatoms. The summed E-state index contributed by atoms with van der Waals surface area (Å²) in [5.41, 5.74) is 0.162. The minimum absolute atomic E-state index is 0.162. The number of benzene rings is 1. The van der Waals surface area contributed by atoms with Crippen LogP contribution in [0.4, 0.5) is 0 Å². The van der Waals surface area contributed by atoms with Crippen molar-refractivity contribution < 1.29 is 24.1 Å². The lowest BCUT2D eigenvalue weighted by Crippen LogP contribution is -2.33. The lowest BCUT2D eigenvalue weighted by molar-refractivity contribution is 0.0692. The Labute approximate surface area is 149 Å². The van der Waals surface area contributed by atoms with Gasteiger partial charge >= 0.3 is 5.97 Å². The second-order valence-electron chi connectivity index (χ2n) is 6.26. The van der Waals surface area contributed by atoms with Crippen LogP contribution in [0, 0.1) is 0 Å². The Morgan fingerprint density at radius 1 is 1.08 bits per heavy atom. The van der Waals surface area contributed by atoms with Crippen LogP contribution in [0.25, 0.3) is 0 Å². The zero-order valence-corrected chi connectivity index (χ0v) is 15.0. The van der Waals surface area contributed by atoms with E-state index >= 15 is 0 Å². The van der Waals surface area contributed by atoms with E-state index in [4.69, 9.17) is 14.2 Å². The van der Waals surface area contributed by atoms with Gasteiger partial charge in [-0.15, -0.1) is 0 Å². The Morgan fingerprint density at radius 3 is 2.56 bits per heavy atom. The number of aromatic carboxylic acids is 1. The molecule has 0 saturated carbocycles. The molecule has 6 nitrogen and oxygen atoms in total. The number of unbranched alkanes of at least 4 members (excludes halogenated alkanes) is 1. The van der Waals surface area contributed by atoms with Crippen LogP contribution in [0.2, 0.25) is 0 Å². The average Bonchev–Trinajstić information content (AvgIpc) is 2.62. The summed E-state index contributed by atoms with van der Waals surface area (Å²) in [6.45, 7) is 4.90. The lowest BCUT2D eigenvalue weighted by atomic mass is 10.1. The number of likely N-dealkylation sites (tertiary alicyclic amines) is 1. The van der Waals surface area contributed by atoms with Gasteiger partial charge in [0, 0.05) is 26.3 Å². The number of nitrogens with zero attached hydrogens (tertiary/aromatic N) is 1. The van der Waals surface area contributed by atoms with E-state index in [2.05, 4.69) is 4.90 Å². The third kappa shape index (κ3) is 6.92. The summed E-state index contributed by atoms with van der Waals surface area (Å²) in [7, 11) is 1.66. The molecule has 0 aliphatic carbocycles. The van der Waals surface area contributed by atoms with E-state index in [9.17, 15) is 9.90 Å². The summed E-state index contributed by atoms with van der Waals surface area (Å²) in [5, 5.41) is 9.30. The average molecular weight is 351 g/mol. The Kier molecular flexibility index (Phi) is 8.55. The zero-order valence-electron chi connectivity index (χ0n) is 15.0. The van der Waals surface area contributed by atoms with Crippen molar-refractivity contribution in [2.75, 3.05) is 46.6 Å². The van der Waals surface area contributed by atoms with Crippen molar-refractivity contribution >= 4 is 5.97 Å². The van der Waals surface area contributed by atoms with Gasteiger partial charge in [-0.25, -0.2) is 4.79 Å². The molecule has 1 heterocycles. The predicted octanol–water partition coefficient (Wildman–Crippen LogP) is 3.05. The Balaban J connectivity index is 1.85. The highest BCUT2D eigenvalue weighted by atomic mass is 16.5. The quantitative estimate of drug-likeness (QED) is 0.618. The number of hydrogen-bond donors (Lipinski definition) is 1. The monoisotopic (exact) mass is 351 g/mol. The van der Waals surface area contributed by atoms with Gasteiger partial charge in [0.25, 0.3) is 0 Å². The van der Waals surface area contributed by atoms with Crippen LogP contribution < -0.4 is 9.47 Å². The van der Waals surface area contributed by atoms with Gasteiger partial charge in [0.15, 0.2) is 0 Å². The molecule has 2 rings (SSSR count). The van der Waals surface area contributed by atoms with Crippen LogP contribution in [0.15, 0.2) is 18.2 Å². The van der Waals surface area contributed by atoms with Gasteiger partial charge in [0.2, 0.25) is 0 Å². The molecular weight excluding hydrogens is 322 g/mol. The van der Waals surface area contributed by atoms with E-state index in [0.29, 0.717) is 31.3 Å². The fourth-order valence-corrected chi connectivity index (χ4v) is 2.89. The number of rotatable bonds is 11. The van der Waals surface area contributed by atoms with E-state index in [0.717, 1.165) is 32.5 Å². The molecule has 1 fully saturated rings. The highest BCUT2D eigenvalue weighted by Crippen LogP contribution is 2.25. The normalized spacial score (nSPS) is 15.1. The standard InChI is InChI=1S/C19H29NO5/c1-23-12-5-6-13-25-18-15-16(7-8-17(18)19(21)22)24-14-11-20-9-3-2-4-10-20/h7-8,15H,2-6,9-14H2,1H3,(H,21,22). The van der Waals surface area contributed by atoms with E-state index in [1.165, 1.54) is 19.3 Å². The number of hydrogen-bond acceptors (Lipinski definition) is 5. The zero-order chi connectivity index (χ0) is 17.9. The van der Waals surface area contributed by atoms with Gasteiger partial charge in [-0.1, -0.05) is 6.42 Å². The van der Waals surface area contributed by atoms with E-state index in [1.54, 1.807) is 25.3 Å². The summed E-state index contributed by atoms with van der Waals surface area (Å²) < 4.78 is 16.4. The Hall–Kier alpha value is -1.79. The van der Waals surface area contributed by atoms with Gasteiger partial charge in [0.1, 0.15) is 23.7 Å². The smallest absolute Gasteiger partial charge is 0.339 e. The molecule has 0 radical (unpaired) electrons. The molecule has 25 heavy (non-hydrogen) atoms. The highest BCUT2D eigenvalue weighted by molar-refractivity contribution is 5.91. The Bertz CT molecular complexity index is 529. The van der Waals surface area contributed by atoms with Gasteiger partial charge in [-0.3, -0.25) is 4.90 Å². The van der Waals surface area contributed by atoms with Crippen LogP contribution in [-0.4, -0.2) is 62.5 Å². The first kappa shape index (κ1) is 19.5. The number of carbonyl (C=O) groups is 1. The molecule has 1 saturated heterocycles. The minimum atomic E-state index is -0.994. The van der Waals surface area contributed by atoms with Crippen molar-refractivity contribution in [1.29, 1.82) is 0 Å². The third-order valence-corrected chi connectivity index (χ3v) is 4.31. The molecule has 0 atom stereocenters. The van der Waals surface area contributed by atoms with Crippen LogP contribution >= 0.6 is 0 Å². The molecule has 0 bridgehead atoms. The first-order chi connectivity index (χ1) is 12.2. The molecule has 0 spiro atoms. The summed E-state index contributed by atoms with van der Waals surface area (Å²) in [5.74, 6) is 0.0149. The molecular formula is C19H29NO5. The van der Waals surface area contributed by atoms with Crippen LogP contribution in [0.1, 0.15) is 42.5 Å².